The van der Waals surface area contributed by atoms with Crippen LogP contribution in [0.25, 0.3) is 0 Å². The van der Waals surface area contributed by atoms with Gasteiger partial charge in [-0.2, -0.15) is 0 Å². The number of epoxide rings is 3. The molecule has 4 aliphatic heterocycles. The van der Waals surface area contributed by atoms with Crippen LogP contribution in [0.1, 0.15) is 33.6 Å². The minimum atomic E-state index is -1.07. The van der Waals surface area contributed by atoms with Crippen LogP contribution in [-0.4, -0.2) is 58.8 Å². The Hall–Kier alpha value is -2.32. The maximum Gasteiger partial charge on any atom is 0.334 e. The molecule has 1 saturated carbocycles. The van der Waals surface area contributed by atoms with E-state index in [1.54, 1.807) is 0 Å². The second-order valence-corrected chi connectivity index (χ2v) is 10.3. The zero-order chi connectivity index (χ0) is 21.6. The summed E-state index contributed by atoms with van der Waals surface area (Å²) < 4.78 is 30.8. The maximum atomic E-state index is 12.2. The molecular formula is C23H24O8. The number of rotatable bonds is 4. The van der Waals surface area contributed by atoms with Gasteiger partial charge in [0.1, 0.15) is 30.2 Å². The summed E-state index contributed by atoms with van der Waals surface area (Å²) in [6.45, 7) is 6.71. The molecule has 8 atom stereocenters. The van der Waals surface area contributed by atoms with E-state index in [-0.39, 0.29) is 35.4 Å². The van der Waals surface area contributed by atoms with Crippen molar-refractivity contribution in [1.82, 2.24) is 0 Å². The van der Waals surface area contributed by atoms with Crippen LogP contribution in [0.5, 0.6) is 0 Å². The van der Waals surface area contributed by atoms with Crippen LogP contribution in [0, 0.1) is 17.3 Å². The summed E-state index contributed by atoms with van der Waals surface area (Å²) in [6.07, 6.45) is 5.03. The minimum Gasteiger partial charge on any atom is -0.490 e. The average Bonchev–Trinajstić information content (AvgIpc) is 3.60. The molecule has 7 aliphatic rings. The number of carbonyl (C=O) groups excluding carboxylic acids is 1. The Kier molecular flexibility index (Phi) is 2.96. The molecule has 0 bridgehead atoms. The maximum absolute atomic E-state index is 12.2. The highest BCUT2D eigenvalue weighted by atomic mass is 16.8. The number of carbonyl (C=O) groups is 2. The molecule has 8 nitrogen and oxygen atoms in total. The highest BCUT2D eigenvalue weighted by molar-refractivity contribution is 5.92. The Labute approximate surface area is 178 Å². The Morgan fingerprint density at radius 1 is 1.32 bits per heavy atom. The van der Waals surface area contributed by atoms with Crippen LogP contribution in [-0.2, 0) is 33.3 Å². The number of carboxylic acid groups (broad SMARTS) is 1. The molecule has 164 valence electrons. The van der Waals surface area contributed by atoms with Crippen molar-refractivity contribution < 1.29 is 38.4 Å². The van der Waals surface area contributed by atoms with Gasteiger partial charge in [-0.3, -0.25) is 0 Å². The first-order valence-corrected chi connectivity index (χ1v) is 10.9. The number of ether oxygens (including phenoxy) is 5. The topological polar surface area (TPSA) is 110 Å². The molecule has 1 N–H and O–H groups in total. The SMILES string of the molecule is CC(C)[C@]12O[C@H]1[C@@H]1O[C@@]13[C@@]1(C)CCC4=C(COC4=O)[C@@H]1C=C1O[C@@]13[C@@H]2O/C=C/C(=O)O. The zero-order valence-electron chi connectivity index (χ0n) is 17.5. The first kappa shape index (κ1) is 18.3. The first-order chi connectivity index (χ1) is 14.7. The van der Waals surface area contributed by atoms with Crippen LogP contribution < -0.4 is 0 Å². The third kappa shape index (κ3) is 1.70. The van der Waals surface area contributed by atoms with Gasteiger partial charge in [0.05, 0.1) is 12.3 Å². The largest absolute Gasteiger partial charge is 0.490 e. The van der Waals surface area contributed by atoms with E-state index in [0.29, 0.717) is 13.0 Å². The standard InChI is InChI=1S/C23H24O8/c1-10(2)21-16(30-21)17-23(31-17)20(3)6-4-11-12(9-28-18(11)26)13(20)8-14-22(23,29-14)19(21)27-7-5-15(24)25/h5,7-8,10,13,16-17,19H,4,6,9H2,1-3H3,(H,24,25)/b7-5+/t13-,16-,17-,19+,20-,21-,22+,23+/m0/s1. The van der Waals surface area contributed by atoms with Crippen LogP contribution >= 0.6 is 0 Å². The second-order valence-electron chi connectivity index (χ2n) is 10.3. The van der Waals surface area contributed by atoms with E-state index >= 15 is 0 Å². The van der Waals surface area contributed by atoms with Crippen LogP contribution in [0.3, 0.4) is 0 Å². The van der Waals surface area contributed by atoms with E-state index < -0.39 is 28.9 Å². The summed E-state index contributed by atoms with van der Waals surface area (Å²) in [7, 11) is 0. The number of hydrogen-bond acceptors (Lipinski definition) is 7. The van der Waals surface area contributed by atoms with E-state index in [0.717, 1.165) is 29.4 Å². The number of carboxylic acids is 1. The molecule has 0 unspecified atom stereocenters. The van der Waals surface area contributed by atoms with Gasteiger partial charge in [0, 0.05) is 16.9 Å². The molecule has 0 amide bonds. The van der Waals surface area contributed by atoms with Crippen molar-refractivity contribution in [1.29, 1.82) is 0 Å². The summed E-state index contributed by atoms with van der Waals surface area (Å²) in [5.74, 6) is -0.346. The molecule has 7 rings (SSSR count). The number of aliphatic carboxylic acids is 1. The van der Waals surface area contributed by atoms with E-state index in [4.69, 9.17) is 28.8 Å². The smallest absolute Gasteiger partial charge is 0.334 e. The van der Waals surface area contributed by atoms with Crippen molar-refractivity contribution >= 4 is 11.9 Å². The Bertz CT molecular complexity index is 1060. The van der Waals surface area contributed by atoms with Crippen LogP contribution in [0.4, 0.5) is 0 Å². The van der Waals surface area contributed by atoms with Gasteiger partial charge >= 0.3 is 11.9 Å². The van der Waals surface area contributed by atoms with Gasteiger partial charge in [-0.05, 0) is 30.4 Å². The molecule has 0 aromatic carbocycles. The summed E-state index contributed by atoms with van der Waals surface area (Å²) in [6, 6.07) is 0. The number of cyclic esters (lactones) is 1. The first-order valence-electron chi connectivity index (χ1n) is 10.9. The number of fused-ring (bicyclic) bond motifs is 4. The fourth-order valence-corrected chi connectivity index (χ4v) is 7.49. The lowest BCUT2D eigenvalue weighted by molar-refractivity contribution is -0.136. The van der Waals surface area contributed by atoms with Gasteiger partial charge in [0.2, 0.25) is 5.60 Å². The molecular weight excluding hydrogens is 404 g/mol. The molecule has 4 heterocycles. The summed E-state index contributed by atoms with van der Waals surface area (Å²) in [4.78, 5) is 23.2. The summed E-state index contributed by atoms with van der Waals surface area (Å²) in [5.41, 5.74) is -0.479. The molecule has 31 heavy (non-hydrogen) atoms. The summed E-state index contributed by atoms with van der Waals surface area (Å²) in [5, 5.41) is 9.05. The molecule has 0 aromatic rings. The molecule has 2 spiro atoms. The second kappa shape index (κ2) is 5.02. The highest BCUT2D eigenvalue weighted by Gasteiger charge is 3.01. The van der Waals surface area contributed by atoms with Gasteiger partial charge in [-0.1, -0.05) is 20.8 Å². The van der Waals surface area contributed by atoms with Gasteiger partial charge in [0.25, 0.3) is 0 Å². The Morgan fingerprint density at radius 3 is 2.87 bits per heavy atom. The predicted molar refractivity (Wildman–Crippen MR) is 102 cm³/mol. The normalized spacial score (nSPS) is 52.0. The van der Waals surface area contributed by atoms with Crippen molar-refractivity contribution in [3.05, 3.63) is 35.3 Å². The van der Waals surface area contributed by atoms with E-state index in [1.165, 1.54) is 6.26 Å². The number of allylic oxidation sites excluding steroid dienone is 1. The van der Waals surface area contributed by atoms with E-state index in [9.17, 15) is 9.59 Å². The molecule has 0 radical (unpaired) electrons. The lowest BCUT2D eigenvalue weighted by Gasteiger charge is -2.50. The van der Waals surface area contributed by atoms with Gasteiger partial charge < -0.3 is 28.8 Å². The third-order valence-corrected chi connectivity index (χ3v) is 9.02. The van der Waals surface area contributed by atoms with Crippen molar-refractivity contribution in [2.45, 2.75) is 68.7 Å². The third-order valence-electron chi connectivity index (χ3n) is 9.02. The minimum absolute atomic E-state index is 0.00108. The average molecular weight is 428 g/mol. The van der Waals surface area contributed by atoms with E-state index in [2.05, 4.69) is 26.8 Å². The van der Waals surface area contributed by atoms with Gasteiger partial charge in [-0.25, -0.2) is 9.59 Å². The highest BCUT2D eigenvalue weighted by Crippen LogP contribution is 2.83. The molecule has 3 saturated heterocycles. The lowest BCUT2D eigenvalue weighted by Crippen LogP contribution is -2.67. The number of hydrogen-bond donors (Lipinski definition) is 1. The monoisotopic (exact) mass is 428 g/mol. The van der Waals surface area contributed by atoms with E-state index in [1.807, 2.05) is 0 Å². The summed E-state index contributed by atoms with van der Waals surface area (Å²) >= 11 is 0. The fourth-order valence-electron chi connectivity index (χ4n) is 7.49. The quantitative estimate of drug-likeness (QED) is 0.313. The van der Waals surface area contributed by atoms with Crippen LogP contribution in [0.15, 0.2) is 35.3 Å². The molecule has 0 aromatic heterocycles. The molecule has 8 heteroatoms. The fraction of sp³-hybridized carbons (Fsp3) is 0.652. The lowest BCUT2D eigenvalue weighted by atomic mass is 9.49. The Balaban J connectivity index is 1.38. The van der Waals surface area contributed by atoms with Crippen molar-refractivity contribution in [3.8, 4) is 0 Å². The van der Waals surface area contributed by atoms with Crippen molar-refractivity contribution in [3.63, 3.8) is 0 Å². The molecule has 4 fully saturated rings. The number of esters is 1. The van der Waals surface area contributed by atoms with Gasteiger partial charge in [0.15, 0.2) is 11.7 Å². The van der Waals surface area contributed by atoms with Crippen molar-refractivity contribution in [2.75, 3.05) is 6.61 Å². The predicted octanol–water partition coefficient (Wildman–Crippen LogP) is 1.85. The van der Waals surface area contributed by atoms with Gasteiger partial charge in [-0.15, -0.1) is 0 Å². The molecule has 3 aliphatic carbocycles. The Morgan fingerprint density at radius 2 is 2.13 bits per heavy atom. The van der Waals surface area contributed by atoms with Crippen molar-refractivity contribution in [2.24, 2.45) is 17.3 Å². The van der Waals surface area contributed by atoms with Crippen LogP contribution in [0.2, 0.25) is 0 Å². The zero-order valence-corrected chi connectivity index (χ0v) is 17.5.